The predicted molar refractivity (Wildman–Crippen MR) is 98.4 cm³/mol. The van der Waals surface area contributed by atoms with E-state index >= 15 is 0 Å². The maximum atomic E-state index is 12.1. The maximum absolute atomic E-state index is 12.1. The zero-order valence-electron chi connectivity index (χ0n) is 13.4. The Bertz CT molecular complexity index is 874. The van der Waals surface area contributed by atoms with Crippen molar-refractivity contribution in [1.29, 1.82) is 0 Å². The highest BCUT2D eigenvalue weighted by molar-refractivity contribution is 7.20. The van der Waals surface area contributed by atoms with Gasteiger partial charge in [0.25, 0.3) is 0 Å². The first kappa shape index (κ1) is 16.1. The Balaban J connectivity index is 1.27. The second kappa shape index (κ2) is 7.25. The molecule has 0 fully saturated rings. The Morgan fingerprint density at radius 2 is 2.12 bits per heavy atom. The molecule has 0 spiro atoms. The number of nitrogens with one attached hydrogen (secondary N) is 1. The van der Waals surface area contributed by atoms with E-state index in [9.17, 15) is 4.79 Å². The van der Waals surface area contributed by atoms with Gasteiger partial charge in [-0.2, -0.15) is 0 Å². The maximum Gasteiger partial charge on any atom is 0.231 e. The zero-order chi connectivity index (χ0) is 17.1. The first-order chi connectivity index (χ1) is 12.3. The Labute approximate surface area is 153 Å². The molecule has 1 aromatic carbocycles. The number of nitrogens with zero attached hydrogens (tertiary/aromatic N) is 1. The molecule has 4 rings (SSSR count). The molecule has 7 heteroatoms. The topological polar surface area (TPSA) is 60.5 Å². The van der Waals surface area contributed by atoms with Gasteiger partial charge in [0.1, 0.15) is 5.01 Å². The molecule has 1 N–H and O–H groups in total. The SMILES string of the molecule is O=C(Cc1csc(-c2cccs2)n1)NCCc1ccc2c(c1)OCO2. The lowest BCUT2D eigenvalue weighted by atomic mass is 10.1. The number of amides is 1. The van der Waals surface area contributed by atoms with Gasteiger partial charge in [-0.1, -0.05) is 12.1 Å². The Morgan fingerprint density at radius 3 is 3.00 bits per heavy atom. The van der Waals surface area contributed by atoms with Gasteiger partial charge < -0.3 is 14.8 Å². The number of fused-ring (bicyclic) bond motifs is 1. The molecule has 0 aliphatic carbocycles. The Morgan fingerprint density at radius 1 is 1.20 bits per heavy atom. The van der Waals surface area contributed by atoms with Crippen LogP contribution in [0.25, 0.3) is 9.88 Å². The first-order valence-electron chi connectivity index (χ1n) is 7.91. The van der Waals surface area contributed by atoms with E-state index in [4.69, 9.17) is 9.47 Å². The lowest BCUT2D eigenvalue weighted by molar-refractivity contribution is -0.120. The molecule has 2 aromatic heterocycles. The van der Waals surface area contributed by atoms with Crippen LogP contribution in [0.3, 0.4) is 0 Å². The molecule has 0 radical (unpaired) electrons. The second-order valence-electron chi connectivity index (χ2n) is 5.59. The van der Waals surface area contributed by atoms with Crippen LogP contribution in [0.5, 0.6) is 11.5 Å². The molecule has 1 amide bonds. The van der Waals surface area contributed by atoms with Crippen molar-refractivity contribution in [3.63, 3.8) is 0 Å². The molecule has 128 valence electrons. The first-order valence-corrected chi connectivity index (χ1v) is 9.67. The molecular weight excluding hydrogens is 356 g/mol. The summed E-state index contributed by atoms with van der Waals surface area (Å²) in [6, 6.07) is 9.90. The number of hydrogen-bond acceptors (Lipinski definition) is 6. The fourth-order valence-electron chi connectivity index (χ4n) is 2.57. The van der Waals surface area contributed by atoms with E-state index < -0.39 is 0 Å². The summed E-state index contributed by atoms with van der Waals surface area (Å²) in [4.78, 5) is 17.8. The fraction of sp³-hybridized carbons (Fsp3) is 0.222. The summed E-state index contributed by atoms with van der Waals surface area (Å²) in [6.07, 6.45) is 1.06. The number of benzene rings is 1. The molecule has 3 aromatic rings. The monoisotopic (exact) mass is 372 g/mol. The molecule has 0 atom stereocenters. The minimum absolute atomic E-state index is 0.0104. The van der Waals surface area contributed by atoms with E-state index in [1.807, 2.05) is 41.1 Å². The van der Waals surface area contributed by atoms with Gasteiger partial charge in [-0.15, -0.1) is 22.7 Å². The summed E-state index contributed by atoms with van der Waals surface area (Å²) < 4.78 is 10.7. The molecule has 3 heterocycles. The van der Waals surface area contributed by atoms with E-state index in [2.05, 4.69) is 10.3 Å². The summed E-state index contributed by atoms with van der Waals surface area (Å²) in [5.41, 5.74) is 1.92. The van der Waals surface area contributed by atoms with E-state index in [-0.39, 0.29) is 12.7 Å². The molecule has 0 unspecified atom stereocenters. The van der Waals surface area contributed by atoms with Gasteiger partial charge in [0.2, 0.25) is 12.7 Å². The molecule has 1 aliphatic heterocycles. The predicted octanol–water partition coefficient (Wildman–Crippen LogP) is 3.50. The second-order valence-corrected chi connectivity index (χ2v) is 7.39. The lowest BCUT2D eigenvalue weighted by Gasteiger charge is -2.05. The van der Waals surface area contributed by atoms with E-state index in [0.717, 1.165) is 39.1 Å². The van der Waals surface area contributed by atoms with Crippen LogP contribution in [0.2, 0.25) is 0 Å². The van der Waals surface area contributed by atoms with Crippen LogP contribution < -0.4 is 14.8 Å². The molecule has 1 aliphatic rings. The van der Waals surface area contributed by atoms with E-state index in [1.54, 1.807) is 22.7 Å². The molecule has 0 saturated heterocycles. The molecule has 25 heavy (non-hydrogen) atoms. The third-order valence-corrected chi connectivity index (χ3v) is 5.73. The van der Waals surface area contributed by atoms with Gasteiger partial charge in [0, 0.05) is 11.9 Å². The van der Waals surface area contributed by atoms with Gasteiger partial charge in [-0.3, -0.25) is 4.79 Å². The highest BCUT2D eigenvalue weighted by atomic mass is 32.1. The van der Waals surface area contributed by atoms with Crippen molar-refractivity contribution in [2.24, 2.45) is 0 Å². The number of rotatable bonds is 6. The van der Waals surface area contributed by atoms with Crippen LogP contribution >= 0.6 is 22.7 Å². The minimum Gasteiger partial charge on any atom is -0.454 e. The number of aromatic nitrogens is 1. The highest BCUT2D eigenvalue weighted by Gasteiger charge is 2.13. The normalized spacial score (nSPS) is 12.3. The summed E-state index contributed by atoms with van der Waals surface area (Å²) in [6.45, 7) is 0.858. The van der Waals surface area contributed by atoms with Crippen LogP contribution in [-0.4, -0.2) is 24.2 Å². The minimum atomic E-state index is -0.0104. The summed E-state index contributed by atoms with van der Waals surface area (Å²) in [5, 5.41) is 7.90. The van der Waals surface area contributed by atoms with Crippen molar-refractivity contribution in [2.75, 3.05) is 13.3 Å². The molecular formula is C18H16N2O3S2. The van der Waals surface area contributed by atoms with Crippen LogP contribution in [0.15, 0.2) is 41.1 Å². The van der Waals surface area contributed by atoms with Gasteiger partial charge in [0.05, 0.1) is 17.0 Å². The largest absolute Gasteiger partial charge is 0.454 e. The summed E-state index contributed by atoms with van der Waals surface area (Å²) >= 11 is 3.23. The smallest absolute Gasteiger partial charge is 0.231 e. The number of hydrogen-bond donors (Lipinski definition) is 1. The van der Waals surface area contributed by atoms with E-state index in [0.29, 0.717) is 13.0 Å². The number of carbonyl (C=O) groups is 1. The van der Waals surface area contributed by atoms with Gasteiger partial charge in [0.15, 0.2) is 11.5 Å². The fourth-order valence-corrected chi connectivity index (χ4v) is 4.21. The average Bonchev–Trinajstić information content (AvgIpc) is 3.35. The van der Waals surface area contributed by atoms with Gasteiger partial charge in [-0.25, -0.2) is 4.98 Å². The average molecular weight is 372 g/mol. The summed E-state index contributed by atoms with van der Waals surface area (Å²) in [7, 11) is 0. The van der Waals surface area contributed by atoms with Crippen molar-refractivity contribution in [2.45, 2.75) is 12.8 Å². The quantitative estimate of drug-likeness (QED) is 0.719. The van der Waals surface area contributed by atoms with Crippen LogP contribution in [0.1, 0.15) is 11.3 Å². The van der Waals surface area contributed by atoms with E-state index in [1.165, 1.54) is 0 Å². The van der Waals surface area contributed by atoms with Crippen LogP contribution in [0.4, 0.5) is 0 Å². The highest BCUT2D eigenvalue weighted by Crippen LogP contribution is 2.32. The number of carbonyl (C=O) groups excluding carboxylic acids is 1. The third-order valence-electron chi connectivity index (χ3n) is 3.80. The van der Waals surface area contributed by atoms with Crippen LogP contribution in [-0.2, 0) is 17.6 Å². The Hall–Kier alpha value is -2.38. The number of thiophene rings is 1. The molecule has 0 bridgehead atoms. The van der Waals surface area contributed by atoms with Crippen molar-refractivity contribution >= 4 is 28.6 Å². The number of ether oxygens (including phenoxy) is 2. The van der Waals surface area contributed by atoms with Gasteiger partial charge in [-0.05, 0) is 35.6 Å². The Kier molecular flexibility index (Phi) is 4.67. The zero-order valence-corrected chi connectivity index (χ0v) is 15.0. The molecule has 0 saturated carbocycles. The number of thiazole rings is 1. The third kappa shape index (κ3) is 3.83. The van der Waals surface area contributed by atoms with Crippen molar-refractivity contribution in [1.82, 2.24) is 10.3 Å². The van der Waals surface area contributed by atoms with Crippen LogP contribution in [0, 0.1) is 0 Å². The summed E-state index contributed by atoms with van der Waals surface area (Å²) in [5.74, 6) is 1.54. The van der Waals surface area contributed by atoms with Crippen molar-refractivity contribution in [3.8, 4) is 21.4 Å². The van der Waals surface area contributed by atoms with Crippen molar-refractivity contribution < 1.29 is 14.3 Å². The lowest BCUT2D eigenvalue weighted by Crippen LogP contribution is -2.27. The van der Waals surface area contributed by atoms with Crippen molar-refractivity contribution in [3.05, 3.63) is 52.3 Å². The van der Waals surface area contributed by atoms with Gasteiger partial charge >= 0.3 is 0 Å². The molecule has 5 nitrogen and oxygen atoms in total. The standard InChI is InChI=1S/C18H16N2O3S2/c21-17(9-13-10-25-18(20-13)16-2-1-7-24-16)19-6-5-12-3-4-14-15(8-12)23-11-22-14/h1-4,7-8,10H,5-6,9,11H2,(H,19,21).